The van der Waals surface area contributed by atoms with Gasteiger partial charge in [-0.1, -0.05) is 0 Å². The van der Waals surface area contributed by atoms with Crippen molar-refractivity contribution in [2.45, 2.75) is 6.42 Å². The zero-order chi connectivity index (χ0) is 24.2. The maximum absolute atomic E-state index is 9.29. The van der Waals surface area contributed by atoms with Crippen LogP contribution in [0.3, 0.4) is 0 Å². The molecule has 35 heavy (non-hydrogen) atoms. The molecule has 5 rings (SSSR count). The number of hydrogen-bond donors (Lipinski definition) is 1. The highest BCUT2D eigenvalue weighted by atomic mass is 16.5. The number of aromatic nitrogens is 4. The first-order valence-corrected chi connectivity index (χ1v) is 11.6. The Labute approximate surface area is 203 Å². The lowest BCUT2D eigenvalue weighted by Gasteiger charge is -2.28. The fourth-order valence-electron chi connectivity index (χ4n) is 4.44. The van der Waals surface area contributed by atoms with Gasteiger partial charge in [-0.2, -0.15) is 10.4 Å². The van der Waals surface area contributed by atoms with Crippen LogP contribution in [0.15, 0.2) is 55.0 Å². The summed E-state index contributed by atoms with van der Waals surface area (Å²) in [5, 5.41) is 16.1. The Hall–Kier alpha value is -4.16. The zero-order valence-corrected chi connectivity index (χ0v) is 19.8. The van der Waals surface area contributed by atoms with Gasteiger partial charge in [0.25, 0.3) is 0 Å². The van der Waals surface area contributed by atoms with Crippen molar-refractivity contribution >= 4 is 22.4 Å². The lowest BCUT2D eigenvalue weighted by Crippen LogP contribution is -2.31. The SMILES string of the molecule is COc1cc(OC)cc(N(CCN2CC[C@H](C#N)C2)c2ccc3ncc(-c4cn[nH]c4)nc3c2)c1. The van der Waals surface area contributed by atoms with Gasteiger partial charge in [0.05, 0.1) is 55.3 Å². The van der Waals surface area contributed by atoms with E-state index in [0.717, 1.165) is 77.8 Å². The molecule has 0 unspecified atom stereocenters. The molecule has 0 aliphatic carbocycles. The number of aromatic amines is 1. The lowest BCUT2D eigenvalue weighted by molar-refractivity contribution is 0.341. The van der Waals surface area contributed by atoms with E-state index in [0.29, 0.717) is 0 Å². The monoisotopic (exact) mass is 469 g/mol. The van der Waals surface area contributed by atoms with Crippen LogP contribution in [0.2, 0.25) is 0 Å². The zero-order valence-electron chi connectivity index (χ0n) is 19.8. The molecule has 178 valence electrons. The summed E-state index contributed by atoms with van der Waals surface area (Å²) in [7, 11) is 3.30. The number of benzene rings is 2. The molecular weight excluding hydrogens is 442 g/mol. The number of methoxy groups -OCH3 is 2. The summed E-state index contributed by atoms with van der Waals surface area (Å²) in [6.45, 7) is 3.30. The Morgan fingerprint density at radius 1 is 1.09 bits per heavy atom. The summed E-state index contributed by atoms with van der Waals surface area (Å²) >= 11 is 0. The average molecular weight is 470 g/mol. The van der Waals surface area contributed by atoms with Crippen molar-refractivity contribution in [2.75, 3.05) is 45.3 Å². The first-order valence-electron chi connectivity index (χ1n) is 11.6. The van der Waals surface area contributed by atoms with Gasteiger partial charge in [0, 0.05) is 61.0 Å². The molecule has 2 aromatic heterocycles. The molecule has 0 spiro atoms. The van der Waals surface area contributed by atoms with E-state index in [2.05, 4.69) is 43.2 Å². The standard InChI is InChI=1S/C26H27N7O2/c1-34-22-9-21(10-23(12-22)35-2)33(8-7-32-6-5-18(13-27)17-32)20-3-4-24-25(11-20)31-26(16-28-24)19-14-29-30-15-19/h3-4,9-12,14-16,18H,5-8,17H2,1-2H3,(H,29,30)/t18-/m1/s1. The van der Waals surface area contributed by atoms with Crippen molar-refractivity contribution in [3.63, 3.8) is 0 Å². The molecule has 0 amide bonds. The quantitative estimate of drug-likeness (QED) is 0.413. The van der Waals surface area contributed by atoms with Gasteiger partial charge in [-0.25, -0.2) is 4.98 Å². The Kier molecular flexibility index (Phi) is 6.46. The molecule has 0 radical (unpaired) electrons. The summed E-state index contributed by atoms with van der Waals surface area (Å²) in [6.07, 6.45) is 6.22. The van der Waals surface area contributed by atoms with Gasteiger partial charge in [-0.15, -0.1) is 0 Å². The van der Waals surface area contributed by atoms with Crippen LogP contribution < -0.4 is 14.4 Å². The molecule has 1 fully saturated rings. The van der Waals surface area contributed by atoms with E-state index in [-0.39, 0.29) is 5.92 Å². The van der Waals surface area contributed by atoms with Crippen LogP contribution in [0.5, 0.6) is 11.5 Å². The van der Waals surface area contributed by atoms with Crippen molar-refractivity contribution in [3.05, 3.63) is 55.0 Å². The van der Waals surface area contributed by atoms with Crippen molar-refractivity contribution in [1.82, 2.24) is 25.1 Å². The van der Waals surface area contributed by atoms with Crippen molar-refractivity contribution in [2.24, 2.45) is 5.92 Å². The number of nitrogens with zero attached hydrogens (tertiary/aromatic N) is 6. The Morgan fingerprint density at radius 2 is 1.91 bits per heavy atom. The maximum atomic E-state index is 9.29. The third kappa shape index (κ3) is 4.88. The van der Waals surface area contributed by atoms with E-state index in [1.165, 1.54) is 0 Å². The largest absolute Gasteiger partial charge is 0.497 e. The minimum atomic E-state index is 0.109. The third-order valence-electron chi connectivity index (χ3n) is 6.37. The van der Waals surface area contributed by atoms with E-state index in [9.17, 15) is 5.26 Å². The van der Waals surface area contributed by atoms with Crippen LogP contribution in [-0.2, 0) is 0 Å². The van der Waals surface area contributed by atoms with E-state index >= 15 is 0 Å². The number of likely N-dealkylation sites (tertiary alicyclic amines) is 1. The van der Waals surface area contributed by atoms with Gasteiger partial charge >= 0.3 is 0 Å². The van der Waals surface area contributed by atoms with Crippen molar-refractivity contribution < 1.29 is 9.47 Å². The summed E-state index contributed by atoms with van der Waals surface area (Å²) < 4.78 is 11.1. The molecule has 1 aliphatic heterocycles. The molecule has 9 heteroatoms. The van der Waals surface area contributed by atoms with Gasteiger partial charge < -0.3 is 19.3 Å². The summed E-state index contributed by atoms with van der Waals surface area (Å²) in [5.41, 5.74) is 5.21. The smallest absolute Gasteiger partial charge is 0.124 e. The molecular formula is C26H27N7O2. The summed E-state index contributed by atoms with van der Waals surface area (Å²) in [5.74, 6) is 1.55. The molecule has 1 saturated heterocycles. The predicted molar refractivity (Wildman–Crippen MR) is 134 cm³/mol. The number of fused-ring (bicyclic) bond motifs is 1. The second-order valence-electron chi connectivity index (χ2n) is 8.55. The topological polar surface area (TPSA) is 103 Å². The van der Waals surface area contributed by atoms with Crippen LogP contribution in [0.25, 0.3) is 22.3 Å². The van der Waals surface area contributed by atoms with Gasteiger partial charge in [-0.05, 0) is 31.2 Å². The molecule has 2 aromatic carbocycles. The highest BCUT2D eigenvalue weighted by Crippen LogP contribution is 2.34. The Bertz CT molecular complexity index is 1330. The molecule has 1 aliphatic rings. The number of hydrogen-bond acceptors (Lipinski definition) is 8. The van der Waals surface area contributed by atoms with E-state index in [1.807, 2.05) is 24.3 Å². The summed E-state index contributed by atoms with van der Waals surface area (Å²) in [6, 6.07) is 14.4. The van der Waals surface area contributed by atoms with Crippen molar-refractivity contribution in [1.29, 1.82) is 5.26 Å². The molecule has 3 heterocycles. The van der Waals surface area contributed by atoms with Gasteiger partial charge in [0.15, 0.2) is 0 Å². The Morgan fingerprint density at radius 3 is 2.60 bits per heavy atom. The lowest BCUT2D eigenvalue weighted by atomic mass is 10.1. The number of rotatable bonds is 8. The first-order chi connectivity index (χ1) is 17.2. The van der Waals surface area contributed by atoms with Crippen LogP contribution in [0.1, 0.15) is 6.42 Å². The van der Waals surface area contributed by atoms with E-state index in [4.69, 9.17) is 14.5 Å². The van der Waals surface area contributed by atoms with Gasteiger partial charge in [-0.3, -0.25) is 10.1 Å². The number of nitrogens with one attached hydrogen (secondary N) is 1. The van der Waals surface area contributed by atoms with E-state index < -0.39 is 0 Å². The minimum absolute atomic E-state index is 0.109. The molecule has 9 nitrogen and oxygen atoms in total. The van der Waals surface area contributed by atoms with Crippen LogP contribution in [-0.4, -0.2) is 65.5 Å². The van der Waals surface area contributed by atoms with Crippen LogP contribution >= 0.6 is 0 Å². The normalized spacial score (nSPS) is 15.7. The van der Waals surface area contributed by atoms with E-state index in [1.54, 1.807) is 32.8 Å². The number of nitriles is 1. The Balaban J connectivity index is 1.52. The highest BCUT2D eigenvalue weighted by molar-refractivity contribution is 5.82. The summed E-state index contributed by atoms with van der Waals surface area (Å²) in [4.78, 5) is 14.0. The molecule has 0 saturated carbocycles. The maximum Gasteiger partial charge on any atom is 0.124 e. The highest BCUT2D eigenvalue weighted by Gasteiger charge is 2.23. The number of ether oxygens (including phenoxy) is 2. The molecule has 1 atom stereocenters. The number of anilines is 2. The second kappa shape index (κ2) is 9.99. The fourth-order valence-corrected chi connectivity index (χ4v) is 4.44. The molecule has 1 N–H and O–H groups in total. The third-order valence-corrected chi connectivity index (χ3v) is 6.37. The van der Waals surface area contributed by atoms with Crippen molar-refractivity contribution in [3.8, 4) is 28.8 Å². The first kappa shape index (κ1) is 22.6. The molecule has 4 aromatic rings. The van der Waals surface area contributed by atoms with Crippen LogP contribution in [0, 0.1) is 17.2 Å². The van der Waals surface area contributed by atoms with Crippen LogP contribution in [0.4, 0.5) is 11.4 Å². The number of H-pyrrole nitrogens is 1. The minimum Gasteiger partial charge on any atom is -0.497 e. The average Bonchev–Trinajstić information content (AvgIpc) is 3.60. The fraction of sp³-hybridized carbons (Fsp3) is 0.308. The second-order valence-corrected chi connectivity index (χ2v) is 8.55. The molecule has 0 bridgehead atoms. The van der Waals surface area contributed by atoms with Gasteiger partial charge in [0.1, 0.15) is 11.5 Å². The predicted octanol–water partition coefficient (Wildman–Crippen LogP) is 4.02. The van der Waals surface area contributed by atoms with Gasteiger partial charge in [0.2, 0.25) is 0 Å².